The van der Waals surface area contributed by atoms with Crippen molar-refractivity contribution < 1.29 is 0 Å². The Hall–Kier alpha value is -0.930. The van der Waals surface area contributed by atoms with Gasteiger partial charge in [0.05, 0.1) is 15.7 Å². The van der Waals surface area contributed by atoms with Gasteiger partial charge in [0.15, 0.2) is 5.65 Å². The van der Waals surface area contributed by atoms with Gasteiger partial charge in [-0.1, -0.05) is 43.5 Å². The number of rotatable bonds is 3. The summed E-state index contributed by atoms with van der Waals surface area (Å²) in [6.07, 6.45) is 3.90. The van der Waals surface area contributed by atoms with E-state index in [9.17, 15) is 0 Å². The summed E-state index contributed by atoms with van der Waals surface area (Å²) in [6.45, 7) is 4.27. The second-order valence-corrected chi connectivity index (χ2v) is 5.12. The predicted octanol–water partition coefficient (Wildman–Crippen LogP) is 4.13. The molecule has 17 heavy (non-hydrogen) atoms. The van der Waals surface area contributed by atoms with E-state index < -0.39 is 0 Å². The van der Waals surface area contributed by atoms with Gasteiger partial charge in [-0.05, 0) is 12.5 Å². The summed E-state index contributed by atoms with van der Waals surface area (Å²) in [5, 5.41) is 1.08. The van der Waals surface area contributed by atoms with Crippen LogP contribution in [0.4, 0.5) is 5.82 Å². The number of fused-ring (bicyclic) bond motifs is 1. The van der Waals surface area contributed by atoms with Crippen LogP contribution in [0.25, 0.3) is 5.65 Å². The second kappa shape index (κ2) is 4.75. The van der Waals surface area contributed by atoms with Crippen molar-refractivity contribution in [2.24, 2.45) is 0 Å². The van der Waals surface area contributed by atoms with Gasteiger partial charge < -0.3 is 5.73 Å². The highest BCUT2D eigenvalue weighted by molar-refractivity contribution is 6.36. The summed E-state index contributed by atoms with van der Waals surface area (Å²) in [7, 11) is 0. The molecule has 2 aromatic rings. The average Bonchev–Trinajstić information content (AvgIpc) is 2.57. The summed E-state index contributed by atoms with van der Waals surface area (Å²) in [5.41, 5.74) is 7.66. The lowest BCUT2D eigenvalue weighted by atomic mass is 10.0. The molecule has 0 amide bonds. The second-order valence-electron chi connectivity index (χ2n) is 4.27. The minimum atomic E-state index is 0.328. The average molecular weight is 272 g/mol. The van der Waals surface area contributed by atoms with Gasteiger partial charge in [-0.25, -0.2) is 4.98 Å². The molecule has 2 rings (SSSR count). The van der Waals surface area contributed by atoms with Crippen molar-refractivity contribution in [2.75, 3.05) is 5.73 Å². The molecule has 0 saturated heterocycles. The highest BCUT2D eigenvalue weighted by Crippen LogP contribution is 2.30. The first-order chi connectivity index (χ1) is 8.04. The molecule has 1 atom stereocenters. The number of halogens is 2. The Morgan fingerprint density at radius 2 is 2.18 bits per heavy atom. The number of hydrogen-bond donors (Lipinski definition) is 1. The third kappa shape index (κ3) is 2.22. The fourth-order valence-electron chi connectivity index (χ4n) is 2.04. The van der Waals surface area contributed by atoms with Gasteiger partial charge in [0.2, 0.25) is 0 Å². The standard InChI is InChI=1S/C12H15Cl2N3/c1-3-4-7(2)10-11(15)17-6-8(13)5-9(14)12(17)16-10/h5-7H,3-4,15H2,1-2H3. The largest absolute Gasteiger partial charge is 0.383 e. The Kier molecular flexibility index (Phi) is 3.50. The first kappa shape index (κ1) is 12.5. The Morgan fingerprint density at radius 1 is 1.47 bits per heavy atom. The summed E-state index contributed by atoms with van der Waals surface area (Å²) < 4.78 is 1.76. The van der Waals surface area contributed by atoms with E-state index >= 15 is 0 Å². The zero-order valence-electron chi connectivity index (χ0n) is 9.87. The zero-order valence-corrected chi connectivity index (χ0v) is 11.4. The molecule has 0 aromatic carbocycles. The van der Waals surface area contributed by atoms with Crippen molar-refractivity contribution in [3.05, 3.63) is 28.0 Å². The topological polar surface area (TPSA) is 43.3 Å². The number of nitrogens with two attached hydrogens (primary N) is 1. The lowest BCUT2D eigenvalue weighted by Gasteiger charge is -2.07. The van der Waals surface area contributed by atoms with E-state index in [-0.39, 0.29) is 0 Å². The monoisotopic (exact) mass is 271 g/mol. The molecule has 5 heteroatoms. The van der Waals surface area contributed by atoms with Gasteiger partial charge in [0.1, 0.15) is 5.82 Å². The van der Waals surface area contributed by atoms with Crippen molar-refractivity contribution in [3.8, 4) is 0 Å². The molecule has 0 fully saturated rings. The highest BCUT2D eigenvalue weighted by Gasteiger charge is 2.17. The van der Waals surface area contributed by atoms with Gasteiger partial charge in [0, 0.05) is 12.1 Å². The number of imidazole rings is 1. The first-order valence-corrected chi connectivity index (χ1v) is 6.42. The number of pyridine rings is 1. The van der Waals surface area contributed by atoms with Gasteiger partial charge in [-0.2, -0.15) is 0 Å². The number of aromatic nitrogens is 2. The third-order valence-corrected chi connectivity index (χ3v) is 3.38. The molecular formula is C12H15Cl2N3. The highest BCUT2D eigenvalue weighted by atomic mass is 35.5. The number of nitrogen functional groups attached to an aromatic ring is 1. The van der Waals surface area contributed by atoms with Gasteiger partial charge in [-0.15, -0.1) is 0 Å². The fourth-order valence-corrected chi connectivity index (χ4v) is 2.55. The zero-order chi connectivity index (χ0) is 12.6. The molecular weight excluding hydrogens is 257 g/mol. The van der Waals surface area contributed by atoms with Crippen LogP contribution in [0.1, 0.15) is 38.3 Å². The van der Waals surface area contributed by atoms with Crippen LogP contribution in [-0.4, -0.2) is 9.38 Å². The van der Waals surface area contributed by atoms with Gasteiger partial charge in [-0.3, -0.25) is 4.40 Å². The SMILES string of the molecule is CCCC(C)c1nc2c(Cl)cc(Cl)cn2c1N. The van der Waals surface area contributed by atoms with Crippen LogP contribution in [0.5, 0.6) is 0 Å². The maximum Gasteiger partial charge on any atom is 0.157 e. The number of nitrogens with zero attached hydrogens (tertiary/aromatic N) is 2. The van der Waals surface area contributed by atoms with E-state index in [1.54, 1.807) is 16.7 Å². The Morgan fingerprint density at radius 3 is 2.82 bits per heavy atom. The number of hydrogen-bond acceptors (Lipinski definition) is 2. The molecule has 2 heterocycles. The van der Waals surface area contributed by atoms with Gasteiger partial charge in [0.25, 0.3) is 0 Å². The molecule has 0 spiro atoms. The summed E-state index contributed by atoms with van der Waals surface area (Å²) in [4.78, 5) is 4.52. The maximum atomic E-state index is 6.11. The van der Waals surface area contributed by atoms with E-state index in [2.05, 4.69) is 18.8 Å². The molecule has 0 aliphatic heterocycles. The van der Waals surface area contributed by atoms with Crippen LogP contribution in [0.15, 0.2) is 12.3 Å². The molecule has 0 saturated carbocycles. The smallest absolute Gasteiger partial charge is 0.157 e. The lowest BCUT2D eigenvalue weighted by molar-refractivity contribution is 0.653. The van der Waals surface area contributed by atoms with Crippen molar-refractivity contribution in [1.29, 1.82) is 0 Å². The molecule has 3 nitrogen and oxygen atoms in total. The van der Waals surface area contributed by atoms with E-state index in [0.29, 0.717) is 27.4 Å². The summed E-state index contributed by atoms with van der Waals surface area (Å²) in [6, 6.07) is 1.68. The maximum absolute atomic E-state index is 6.11. The molecule has 2 N–H and O–H groups in total. The minimum absolute atomic E-state index is 0.328. The Labute approximate surface area is 111 Å². The first-order valence-electron chi connectivity index (χ1n) is 5.67. The molecule has 0 aliphatic carbocycles. The molecule has 0 aliphatic rings. The third-order valence-electron chi connectivity index (χ3n) is 2.90. The van der Waals surface area contributed by atoms with Crippen molar-refractivity contribution >= 4 is 34.7 Å². The van der Waals surface area contributed by atoms with E-state index in [4.69, 9.17) is 28.9 Å². The van der Waals surface area contributed by atoms with E-state index in [1.807, 2.05) is 0 Å². The van der Waals surface area contributed by atoms with E-state index in [1.165, 1.54) is 0 Å². The quantitative estimate of drug-likeness (QED) is 0.913. The Bertz CT molecular complexity index is 548. The summed E-state index contributed by atoms with van der Waals surface area (Å²) >= 11 is 12.1. The van der Waals surface area contributed by atoms with Crippen molar-refractivity contribution in [1.82, 2.24) is 9.38 Å². The van der Waals surface area contributed by atoms with Crippen LogP contribution in [0.3, 0.4) is 0 Å². The number of anilines is 1. The molecule has 92 valence electrons. The van der Waals surface area contributed by atoms with Crippen LogP contribution in [-0.2, 0) is 0 Å². The van der Waals surface area contributed by atoms with Crippen molar-refractivity contribution in [3.63, 3.8) is 0 Å². The fraction of sp³-hybridized carbons (Fsp3) is 0.417. The Balaban J connectivity index is 2.60. The normalized spacial score (nSPS) is 13.2. The van der Waals surface area contributed by atoms with Crippen molar-refractivity contribution in [2.45, 2.75) is 32.6 Å². The van der Waals surface area contributed by atoms with Crippen LogP contribution in [0.2, 0.25) is 10.0 Å². The van der Waals surface area contributed by atoms with Crippen LogP contribution in [0, 0.1) is 0 Å². The minimum Gasteiger partial charge on any atom is -0.383 e. The molecule has 2 aromatic heterocycles. The van der Waals surface area contributed by atoms with Crippen LogP contribution >= 0.6 is 23.2 Å². The molecule has 0 bridgehead atoms. The predicted molar refractivity (Wildman–Crippen MR) is 72.9 cm³/mol. The summed E-state index contributed by atoms with van der Waals surface area (Å²) in [5.74, 6) is 0.958. The molecule has 1 unspecified atom stereocenters. The van der Waals surface area contributed by atoms with Gasteiger partial charge >= 0.3 is 0 Å². The van der Waals surface area contributed by atoms with E-state index in [0.717, 1.165) is 18.5 Å². The lowest BCUT2D eigenvalue weighted by Crippen LogP contribution is -2.00. The molecule has 0 radical (unpaired) electrons. The van der Waals surface area contributed by atoms with Crippen LogP contribution < -0.4 is 5.73 Å².